The highest BCUT2D eigenvalue weighted by atomic mass is 16.3. The van der Waals surface area contributed by atoms with Gasteiger partial charge >= 0.3 is 0 Å². The first-order valence-corrected chi connectivity index (χ1v) is 5.02. The molecule has 1 aromatic heterocycles. The Labute approximate surface area is 85.4 Å². The Morgan fingerprint density at radius 1 is 1.43 bits per heavy atom. The van der Waals surface area contributed by atoms with Gasteiger partial charge in [-0.2, -0.15) is 0 Å². The van der Waals surface area contributed by atoms with Gasteiger partial charge in [0.25, 0.3) is 0 Å². The van der Waals surface area contributed by atoms with E-state index in [2.05, 4.69) is 30.7 Å². The molecule has 0 aliphatic rings. The summed E-state index contributed by atoms with van der Waals surface area (Å²) < 4.78 is 0. The summed E-state index contributed by atoms with van der Waals surface area (Å²) >= 11 is 0. The van der Waals surface area contributed by atoms with Gasteiger partial charge in [0.2, 0.25) is 0 Å². The Kier molecular flexibility index (Phi) is 3.89. The molecule has 3 heteroatoms. The van der Waals surface area contributed by atoms with E-state index in [1.54, 1.807) is 0 Å². The number of pyridine rings is 1. The minimum atomic E-state index is 0.00346. The highest BCUT2D eigenvalue weighted by Crippen LogP contribution is 2.14. The molecule has 0 radical (unpaired) electrons. The van der Waals surface area contributed by atoms with Crippen molar-refractivity contribution in [3.05, 3.63) is 23.9 Å². The van der Waals surface area contributed by atoms with E-state index in [4.69, 9.17) is 5.11 Å². The fraction of sp³-hybridized carbons (Fsp3) is 0.545. The van der Waals surface area contributed by atoms with Gasteiger partial charge in [0, 0.05) is 12.6 Å². The first-order valence-electron chi connectivity index (χ1n) is 5.02. The zero-order valence-corrected chi connectivity index (χ0v) is 9.07. The molecule has 1 rings (SSSR count). The smallest absolute Gasteiger partial charge is 0.129 e. The number of aliphatic hydroxyl groups is 1. The first-order chi connectivity index (χ1) is 6.69. The number of anilines is 1. The lowest BCUT2D eigenvalue weighted by Gasteiger charge is -2.26. The van der Waals surface area contributed by atoms with Crippen LogP contribution in [0.3, 0.4) is 0 Å². The monoisotopic (exact) mass is 194 g/mol. The second-order valence-corrected chi connectivity index (χ2v) is 3.53. The van der Waals surface area contributed by atoms with Gasteiger partial charge in [0.1, 0.15) is 5.82 Å². The van der Waals surface area contributed by atoms with Gasteiger partial charge in [-0.25, -0.2) is 4.98 Å². The van der Waals surface area contributed by atoms with Crippen LogP contribution in [-0.4, -0.2) is 22.7 Å². The molecule has 0 atom stereocenters. The van der Waals surface area contributed by atoms with Crippen molar-refractivity contribution >= 4 is 5.82 Å². The topological polar surface area (TPSA) is 36.4 Å². The van der Waals surface area contributed by atoms with Crippen molar-refractivity contribution in [2.75, 3.05) is 11.4 Å². The second kappa shape index (κ2) is 4.96. The number of aromatic nitrogens is 1. The van der Waals surface area contributed by atoms with Crippen molar-refractivity contribution < 1.29 is 5.11 Å². The number of nitrogens with zero attached hydrogens (tertiary/aromatic N) is 2. The summed E-state index contributed by atoms with van der Waals surface area (Å²) in [5, 5.41) is 8.97. The third-order valence-corrected chi connectivity index (χ3v) is 2.21. The molecule has 1 N–H and O–H groups in total. The lowest BCUT2D eigenvalue weighted by Crippen LogP contribution is -2.31. The van der Waals surface area contributed by atoms with Crippen molar-refractivity contribution in [2.24, 2.45) is 0 Å². The molecular formula is C11H18N2O. The van der Waals surface area contributed by atoms with Crippen LogP contribution in [-0.2, 0) is 6.61 Å². The SMILES string of the molecule is CCN(c1cccc(CO)n1)C(C)C. The second-order valence-electron chi connectivity index (χ2n) is 3.53. The van der Waals surface area contributed by atoms with Crippen molar-refractivity contribution in [1.82, 2.24) is 4.98 Å². The molecule has 0 unspecified atom stereocenters. The molecule has 0 spiro atoms. The highest BCUT2D eigenvalue weighted by molar-refractivity contribution is 5.39. The summed E-state index contributed by atoms with van der Waals surface area (Å²) in [6, 6.07) is 6.17. The molecule has 1 aromatic rings. The van der Waals surface area contributed by atoms with E-state index in [0.717, 1.165) is 18.1 Å². The van der Waals surface area contributed by atoms with Crippen LogP contribution in [0.2, 0.25) is 0 Å². The third kappa shape index (κ3) is 2.45. The van der Waals surface area contributed by atoms with Crippen LogP contribution in [0.4, 0.5) is 5.82 Å². The zero-order chi connectivity index (χ0) is 10.6. The van der Waals surface area contributed by atoms with E-state index in [9.17, 15) is 0 Å². The molecule has 0 aliphatic heterocycles. The molecule has 0 saturated heterocycles. The number of aliphatic hydroxyl groups excluding tert-OH is 1. The molecule has 1 heterocycles. The Morgan fingerprint density at radius 2 is 2.14 bits per heavy atom. The van der Waals surface area contributed by atoms with E-state index >= 15 is 0 Å². The van der Waals surface area contributed by atoms with Gasteiger partial charge in [-0.15, -0.1) is 0 Å². The first kappa shape index (κ1) is 11.0. The largest absolute Gasteiger partial charge is 0.390 e. The number of hydrogen-bond acceptors (Lipinski definition) is 3. The van der Waals surface area contributed by atoms with Crippen molar-refractivity contribution in [3.8, 4) is 0 Å². The molecule has 0 amide bonds. The molecule has 0 bridgehead atoms. The van der Waals surface area contributed by atoms with Gasteiger partial charge in [-0.3, -0.25) is 0 Å². The quantitative estimate of drug-likeness (QED) is 0.794. The van der Waals surface area contributed by atoms with Crippen LogP contribution in [0.1, 0.15) is 26.5 Å². The lowest BCUT2D eigenvalue weighted by molar-refractivity contribution is 0.277. The van der Waals surface area contributed by atoms with Crippen molar-refractivity contribution in [1.29, 1.82) is 0 Å². The van der Waals surface area contributed by atoms with Crippen LogP contribution in [0.5, 0.6) is 0 Å². The van der Waals surface area contributed by atoms with Gasteiger partial charge in [0.05, 0.1) is 12.3 Å². The molecule has 0 aromatic carbocycles. The molecule has 14 heavy (non-hydrogen) atoms. The van der Waals surface area contributed by atoms with E-state index in [1.165, 1.54) is 0 Å². The summed E-state index contributed by atoms with van der Waals surface area (Å²) in [6.07, 6.45) is 0. The van der Waals surface area contributed by atoms with Crippen molar-refractivity contribution in [2.45, 2.75) is 33.4 Å². The minimum absolute atomic E-state index is 0.00346. The Hall–Kier alpha value is -1.09. The Balaban J connectivity index is 2.92. The maximum atomic E-state index is 8.97. The third-order valence-electron chi connectivity index (χ3n) is 2.21. The Bertz CT molecular complexity index is 286. The van der Waals surface area contributed by atoms with E-state index in [1.807, 2.05) is 18.2 Å². The fourth-order valence-electron chi connectivity index (χ4n) is 1.51. The predicted octanol–water partition coefficient (Wildman–Crippen LogP) is 1.81. The Morgan fingerprint density at radius 3 is 2.64 bits per heavy atom. The standard InChI is InChI=1S/C11H18N2O/c1-4-13(9(2)3)11-7-5-6-10(8-14)12-11/h5-7,9,14H,4,8H2,1-3H3. The molecule has 78 valence electrons. The summed E-state index contributed by atoms with van der Waals surface area (Å²) in [4.78, 5) is 6.55. The van der Waals surface area contributed by atoms with Gasteiger partial charge in [0.15, 0.2) is 0 Å². The van der Waals surface area contributed by atoms with Crippen LogP contribution < -0.4 is 4.90 Å². The lowest BCUT2D eigenvalue weighted by atomic mass is 10.3. The molecule has 0 aliphatic carbocycles. The molecular weight excluding hydrogens is 176 g/mol. The average molecular weight is 194 g/mol. The molecule has 0 fully saturated rings. The van der Waals surface area contributed by atoms with E-state index in [0.29, 0.717) is 6.04 Å². The minimum Gasteiger partial charge on any atom is -0.390 e. The van der Waals surface area contributed by atoms with E-state index in [-0.39, 0.29) is 6.61 Å². The summed E-state index contributed by atoms with van der Waals surface area (Å²) in [5.41, 5.74) is 0.724. The maximum absolute atomic E-state index is 8.97. The van der Waals surface area contributed by atoms with Gasteiger partial charge < -0.3 is 10.0 Å². The summed E-state index contributed by atoms with van der Waals surface area (Å²) in [7, 11) is 0. The average Bonchev–Trinajstić information content (AvgIpc) is 2.19. The number of hydrogen-bond donors (Lipinski definition) is 1. The highest BCUT2D eigenvalue weighted by Gasteiger charge is 2.09. The fourth-order valence-corrected chi connectivity index (χ4v) is 1.51. The van der Waals surface area contributed by atoms with Crippen LogP contribution in [0.25, 0.3) is 0 Å². The van der Waals surface area contributed by atoms with Gasteiger partial charge in [-0.1, -0.05) is 6.07 Å². The van der Waals surface area contributed by atoms with Gasteiger partial charge in [-0.05, 0) is 32.9 Å². The molecule has 0 saturated carbocycles. The maximum Gasteiger partial charge on any atom is 0.129 e. The molecule has 3 nitrogen and oxygen atoms in total. The zero-order valence-electron chi connectivity index (χ0n) is 9.07. The van der Waals surface area contributed by atoms with Crippen LogP contribution >= 0.6 is 0 Å². The van der Waals surface area contributed by atoms with Crippen LogP contribution in [0.15, 0.2) is 18.2 Å². The normalized spacial score (nSPS) is 10.6. The number of rotatable bonds is 4. The van der Waals surface area contributed by atoms with Crippen LogP contribution in [0, 0.1) is 0 Å². The summed E-state index contributed by atoms with van der Waals surface area (Å²) in [6.45, 7) is 7.31. The van der Waals surface area contributed by atoms with E-state index < -0.39 is 0 Å². The van der Waals surface area contributed by atoms with Crippen molar-refractivity contribution in [3.63, 3.8) is 0 Å². The predicted molar refractivity (Wildman–Crippen MR) is 58.3 cm³/mol. The summed E-state index contributed by atoms with van der Waals surface area (Å²) in [5.74, 6) is 0.939.